The number of amides is 1. The van der Waals surface area contributed by atoms with E-state index in [2.05, 4.69) is 5.32 Å². The van der Waals surface area contributed by atoms with Crippen LogP contribution in [0.1, 0.15) is 53.4 Å². The maximum atomic E-state index is 11.7. The van der Waals surface area contributed by atoms with E-state index in [0.29, 0.717) is 25.7 Å². The van der Waals surface area contributed by atoms with Gasteiger partial charge in [-0.05, 0) is 53.4 Å². The summed E-state index contributed by atoms with van der Waals surface area (Å²) in [5.41, 5.74) is -1.19. The van der Waals surface area contributed by atoms with Gasteiger partial charge in [-0.1, -0.05) is 0 Å². The number of hydrogen-bond donors (Lipinski definition) is 1. The van der Waals surface area contributed by atoms with E-state index in [9.17, 15) is 13.2 Å². The van der Waals surface area contributed by atoms with Gasteiger partial charge in [-0.15, -0.1) is 0 Å². The highest BCUT2D eigenvalue weighted by molar-refractivity contribution is 7.86. The Morgan fingerprint density at radius 3 is 2.15 bits per heavy atom. The SMILES string of the molecule is CC(C)(C)OC(=O)NC1CCC(C)(OS(C)(=O)=O)CC1. The van der Waals surface area contributed by atoms with Crippen molar-refractivity contribution in [3.05, 3.63) is 0 Å². The lowest BCUT2D eigenvalue weighted by molar-refractivity contribution is 0.0320. The number of alkyl carbamates (subject to hydrolysis) is 1. The minimum absolute atomic E-state index is 0.00100. The predicted molar refractivity (Wildman–Crippen MR) is 76.0 cm³/mol. The number of nitrogens with one attached hydrogen (secondary N) is 1. The molecule has 0 atom stereocenters. The number of carbonyl (C=O) groups is 1. The monoisotopic (exact) mass is 307 g/mol. The molecule has 0 aliphatic heterocycles. The zero-order valence-corrected chi connectivity index (χ0v) is 13.7. The summed E-state index contributed by atoms with van der Waals surface area (Å²) in [6.07, 6.45) is 3.14. The summed E-state index contributed by atoms with van der Waals surface area (Å²) in [6, 6.07) is 0.00100. The molecule has 0 aromatic rings. The Kier molecular flexibility index (Phi) is 5.08. The fourth-order valence-corrected chi connectivity index (χ4v) is 3.19. The third kappa shape index (κ3) is 6.56. The molecule has 0 spiro atoms. The Labute approximate surface area is 121 Å². The van der Waals surface area contributed by atoms with E-state index in [1.165, 1.54) is 0 Å². The molecule has 1 rings (SSSR count). The Morgan fingerprint density at radius 1 is 1.25 bits per heavy atom. The van der Waals surface area contributed by atoms with Crippen LogP contribution in [-0.4, -0.2) is 38.0 Å². The lowest BCUT2D eigenvalue weighted by Crippen LogP contribution is -2.45. The van der Waals surface area contributed by atoms with Gasteiger partial charge in [-0.25, -0.2) is 4.79 Å². The summed E-state index contributed by atoms with van der Waals surface area (Å²) >= 11 is 0. The van der Waals surface area contributed by atoms with Gasteiger partial charge in [0.15, 0.2) is 0 Å². The summed E-state index contributed by atoms with van der Waals surface area (Å²) in [6.45, 7) is 7.22. The lowest BCUT2D eigenvalue weighted by Gasteiger charge is -2.36. The van der Waals surface area contributed by atoms with Gasteiger partial charge in [0.05, 0.1) is 11.9 Å². The molecule has 1 aliphatic rings. The third-order valence-corrected chi connectivity index (χ3v) is 3.82. The van der Waals surface area contributed by atoms with Crippen LogP contribution in [0.4, 0.5) is 4.79 Å². The van der Waals surface area contributed by atoms with Crippen molar-refractivity contribution in [2.24, 2.45) is 0 Å². The van der Waals surface area contributed by atoms with Crippen molar-refractivity contribution in [1.29, 1.82) is 0 Å². The maximum absolute atomic E-state index is 11.7. The van der Waals surface area contributed by atoms with Gasteiger partial charge in [0.2, 0.25) is 0 Å². The Hall–Kier alpha value is -0.820. The zero-order chi connectivity index (χ0) is 15.6. The van der Waals surface area contributed by atoms with Gasteiger partial charge >= 0.3 is 6.09 Å². The van der Waals surface area contributed by atoms with Crippen LogP contribution in [0, 0.1) is 0 Å². The highest BCUT2D eigenvalue weighted by atomic mass is 32.2. The van der Waals surface area contributed by atoms with Crippen molar-refractivity contribution in [3.8, 4) is 0 Å². The van der Waals surface area contributed by atoms with Crippen LogP contribution >= 0.6 is 0 Å². The molecule has 1 amide bonds. The third-order valence-electron chi connectivity index (χ3n) is 3.12. The molecule has 0 heterocycles. The average Bonchev–Trinajstić information content (AvgIpc) is 2.16. The lowest BCUT2D eigenvalue weighted by atomic mass is 9.84. The number of ether oxygens (including phenoxy) is 1. The van der Waals surface area contributed by atoms with E-state index in [1.807, 2.05) is 20.8 Å². The van der Waals surface area contributed by atoms with Gasteiger partial charge in [0.1, 0.15) is 5.60 Å². The molecule has 1 N–H and O–H groups in total. The number of hydrogen-bond acceptors (Lipinski definition) is 5. The van der Waals surface area contributed by atoms with Crippen molar-refractivity contribution >= 4 is 16.2 Å². The quantitative estimate of drug-likeness (QED) is 0.808. The highest BCUT2D eigenvalue weighted by Gasteiger charge is 2.35. The van der Waals surface area contributed by atoms with E-state index >= 15 is 0 Å². The summed E-state index contributed by atoms with van der Waals surface area (Å²) < 4.78 is 32.7. The number of rotatable bonds is 3. The van der Waals surface area contributed by atoms with Crippen LogP contribution in [-0.2, 0) is 19.0 Å². The van der Waals surface area contributed by atoms with E-state index in [1.54, 1.807) is 6.92 Å². The van der Waals surface area contributed by atoms with Crippen molar-refractivity contribution in [1.82, 2.24) is 5.32 Å². The molecule has 118 valence electrons. The first-order valence-corrected chi connectivity index (χ1v) is 8.60. The predicted octanol–water partition coefficient (Wildman–Crippen LogP) is 2.19. The van der Waals surface area contributed by atoms with Crippen molar-refractivity contribution in [2.45, 2.75) is 70.6 Å². The normalized spacial score (nSPS) is 27.9. The van der Waals surface area contributed by atoms with Crippen molar-refractivity contribution in [2.75, 3.05) is 6.26 Å². The molecule has 0 aromatic heterocycles. The van der Waals surface area contributed by atoms with Crippen LogP contribution in [0.2, 0.25) is 0 Å². The highest BCUT2D eigenvalue weighted by Crippen LogP contribution is 2.32. The van der Waals surface area contributed by atoms with Crippen molar-refractivity contribution < 1.29 is 22.1 Å². The Morgan fingerprint density at radius 2 is 1.75 bits per heavy atom. The van der Waals surface area contributed by atoms with Crippen LogP contribution < -0.4 is 5.32 Å². The molecule has 7 heteroatoms. The Bertz CT molecular complexity index is 444. The molecule has 1 aliphatic carbocycles. The van der Waals surface area contributed by atoms with Gasteiger partial charge < -0.3 is 10.1 Å². The molecular formula is C13H25NO5S. The fourth-order valence-electron chi connectivity index (χ4n) is 2.30. The van der Waals surface area contributed by atoms with E-state index in [0.717, 1.165) is 6.26 Å². The smallest absolute Gasteiger partial charge is 0.407 e. The van der Waals surface area contributed by atoms with Crippen LogP contribution in [0.25, 0.3) is 0 Å². The van der Waals surface area contributed by atoms with Gasteiger partial charge in [0.25, 0.3) is 10.1 Å². The summed E-state index contributed by atoms with van der Waals surface area (Å²) in [7, 11) is -3.46. The minimum atomic E-state index is -3.46. The van der Waals surface area contributed by atoms with E-state index in [4.69, 9.17) is 8.92 Å². The minimum Gasteiger partial charge on any atom is -0.444 e. The van der Waals surface area contributed by atoms with Crippen LogP contribution in [0.15, 0.2) is 0 Å². The first-order valence-electron chi connectivity index (χ1n) is 6.79. The zero-order valence-electron chi connectivity index (χ0n) is 12.9. The molecule has 20 heavy (non-hydrogen) atoms. The van der Waals surface area contributed by atoms with Crippen LogP contribution in [0.5, 0.6) is 0 Å². The molecule has 1 fully saturated rings. The molecule has 0 unspecified atom stereocenters. The fraction of sp³-hybridized carbons (Fsp3) is 0.923. The molecule has 6 nitrogen and oxygen atoms in total. The molecule has 0 aromatic carbocycles. The van der Waals surface area contributed by atoms with Crippen molar-refractivity contribution in [3.63, 3.8) is 0 Å². The van der Waals surface area contributed by atoms with Gasteiger partial charge in [0, 0.05) is 6.04 Å². The summed E-state index contributed by atoms with van der Waals surface area (Å²) in [4.78, 5) is 11.7. The Balaban J connectivity index is 2.45. The average molecular weight is 307 g/mol. The first kappa shape index (κ1) is 17.2. The van der Waals surface area contributed by atoms with Gasteiger partial charge in [-0.3, -0.25) is 4.18 Å². The molecule has 0 saturated heterocycles. The van der Waals surface area contributed by atoms with E-state index < -0.39 is 27.4 Å². The maximum Gasteiger partial charge on any atom is 0.407 e. The number of carbonyl (C=O) groups excluding carboxylic acids is 1. The molecule has 0 bridgehead atoms. The second-order valence-electron chi connectivity index (χ2n) is 6.66. The van der Waals surface area contributed by atoms with E-state index in [-0.39, 0.29) is 6.04 Å². The van der Waals surface area contributed by atoms with Gasteiger partial charge in [-0.2, -0.15) is 8.42 Å². The summed E-state index contributed by atoms with van der Waals surface area (Å²) in [5, 5.41) is 2.81. The molecule has 0 radical (unpaired) electrons. The van der Waals surface area contributed by atoms with Crippen LogP contribution in [0.3, 0.4) is 0 Å². The second-order valence-corrected chi connectivity index (χ2v) is 8.23. The molecule has 1 saturated carbocycles. The molecular weight excluding hydrogens is 282 g/mol. The topological polar surface area (TPSA) is 81.7 Å². The second kappa shape index (κ2) is 5.89. The largest absolute Gasteiger partial charge is 0.444 e. The first-order chi connectivity index (χ1) is 8.89. The summed E-state index contributed by atoms with van der Waals surface area (Å²) in [5.74, 6) is 0. The standard InChI is InChI=1S/C13H25NO5S/c1-12(2,3)18-11(15)14-10-6-8-13(4,9-7-10)19-20(5,16)17/h10H,6-9H2,1-5H3,(H,14,15).